The van der Waals surface area contributed by atoms with Crippen molar-refractivity contribution in [1.29, 1.82) is 0 Å². The number of likely N-dealkylation sites (N-methyl/N-ethyl adjacent to an activating group) is 1. The van der Waals surface area contributed by atoms with Gasteiger partial charge in [-0.05, 0) is 37.4 Å². The molecule has 1 unspecified atom stereocenters. The first-order chi connectivity index (χ1) is 10.9. The largest absolute Gasteiger partial charge is 1.00 e. The van der Waals surface area contributed by atoms with E-state index in [9.17, 15) is 9.90 Å². The van der Waals surface area contributed by atoms with Crippen molar-refractivity contribution < 1.29 is 27.0 Å². The number of hydrogen-bond acceptors (Lipinski definition) is 4. The molecule has 1 atom stereocenters. The topological polar surface area (TPSA) is 49.8 Å². The molecule has 0 amide bonds. The standard InChI is InChI=1S/C19H27NO3.ClH/c1-14(2)19(22,17-8-6-5-7-9-17)18(21)23-13-16-12-20(4)11-10-15(16)3;/h5-9,14,22H,10-13H2,1-4H3;1H/p-1. The summed E-state index contributed by atoms with van der Waals surface area (Å²) in [7, 11) is 2.06. The molecule has 0 fully saturated rings. The number of esters is 1. The number of ether oxygens (including phenoxy) is 1. The van der Waals surface area contributed by atoms with Gasteiger partial charge in [-0.1, -0.05) is 49.8 Å². The second-order valence-electron chi connectivity index (χ2n) is 6.73. The van der Waals surface area contributed by atoms with Crippen molar-refractivity contribution in [3.8, 4) is 0 Å². The second kappa shape index (κ2) is 8.65. The fourth-order valence-corrected chi connectivity index (χ4v) is 2.89. The molecule has 0 radical (unpaired) electrons. The van der Waals surface area contributed by atoms with Crippen molar-refractivity contribution >= 4 is 5.97 Å². The number of benzene rings is 1. The fraction of sp³-hybridized carbons (Fsp3) is 0.526. The maximum Gasteiger partial charge on any atom is 0.343 e. The molecule has 0 saturated carbocycles. The summed E-state index contributed by atoms with van der Waals surface area (Å²) < 4.78 is 5.51. The lowest BCUT2D eigenvalue weighted by Gasteiger charge is -2.31. The molecule has 1 aromatic rings. The van der Waals surface area contributed by atoms with Gasteiger partial charge in [0.1, 0.15) is 6.61 Å². The van der Waals surface area contributed by atoms with Gasteiger partial charge in [0.05, 0.1) is 0 Å². The Morgan fingerprint density at radius 1 is 1.33 bits per heavy atom. The Kier molecular flexibility index (Phi) is 7.46. The van der Waals surface area contributed by atoms with Gasteiger partial charge in [-0.15, -0.1) is 0 Å². The summed E-state index contributed by atoms with van der Waals surface area (Å²) in [5.41, 5.74) is 1.37. The molecule has 0 spiro atoms. The van der Waals surface area contributed by atoms with E-state index in [-0.39, 0.29) is 24.9 Å². The van der Waals surface area contributed by atoms with E-state index in [2.05, 4.69) is 18.9 Å². The van der Waals surface area contributed by atoms with E-state index in [4.69, 9.17) is 4.74 Å². The van der Waals surface area contributed by atoms with E-state index in [1.807, 2.05) is 32.0 Å². The van der Waals surface area contributed by atoms with Crippen LogP contribution in [0.4, 0.5) is 0 Å². The predicted molar refractivity (Wildman–Crippen MR) is 90.9 cm³/mol. The number of carbonyl (C=O) groups excluding carboxylic acids is 1. The highest BCUT2D eigenvalue weighted by Crippen LogP contribution is 2.31. The van der Waals surface area contributed by atoms with Gasteiger partial charge in [-0.3, -0.25) is 0 Å². The molecule has 1 aliphatic heterocycles. The van der Waals surface area contributed by atoms with Crippen molar-refractivity contribution in [2.45, 2.75) is 32.8 Å². The first-order valence-electron chi connectivity index (χ1n) is 8.16. The van der Waals surface area contributed by atoms with Crippen LogP contribution in [0.15, 0.2) is 41.5 Å². The highest BCUT2D eigenvalue weighted by Gasteiger charge is 2.42. The SMILES string of the molecule is CC1=C(COC(=O)C(O)(c2ccccc2)C(C)C)CN(C)CC1.[Cl-]. The molecule has 1 aliphatic rings. The molecule has 4 nitrogen and oxygen atoms in total. The maximum absolute atomic E-state index is 12.6. The molecule has 134 valence electrons. The quantitative estimate of drug-likeness (QED) is 0.585. The molecule has 1 heterocycles. The lowest BCUT2D eigenvalue weighted by Crippen LogP contribution is -3.00. The summed E-state index contributed by atoms with van der Waals surface area (Å²) in [5, 5.41) is 11.0. The Bertz CT molecular complexity index is 586. The molecule has 0 aliphatic carbocycles. The third-order valence-electron chi connectivity index (χ3n) is 4.67. The number of nitrogens with zero attached hydrogens (tertiary/aromatic N) is 1. The summed E-state index contributed by atoms with van der Waals surface area (Å²) in [6, 6.07) is 9.03. The van der Waals surface area contributed by atoms with Crippen LogP contribution < -0.4 is 12.4 Å². The van der Waals surface area contributed by atoms with Crippen LogP contribution in [-0.4, -0.2) is 42.7 Å². The number of halogens is 1. The van der Waals surface area contributed by atoms with Gasteiger partial charge < -0.3 is 27.2 Å². The molecular formula is C19H27ClNO3-. The zero-order chi connectivity index (χ0) is 17.0. The Morgan fingerprint density at radius 3 is 2.54 bits per heavy atom. The monoisotopic (exact) mass is 352 g/mol. The molecule has 0 bridgehead atoms. The summed E-state index contributed by atoms with van der Waals surface area (Å²) in [5.74, 6) is -0.853. The molecular weight excluding hydrogens is 326 g/mol. The van der Waals surface area contributed by atoms with E-state index in [0.717, 1.165) is 25.1 Å². The first-order valence-corrected chi connectivity index (χ1v) is 8.16. The molecule has 1 aromatic carbocycles. The second-order valence-corrected chi connectivity index (χ2v) is 6.73. The summed E-state index contributed by atoms with van der Waals surface area (Å²) in [6.45, 7) is 7.83. The number of carbonyl (C=O) groups is 1. The maximum atomic E-state index is 12.6. The number of rotatable bonds is 5. The molecule has 2 rings (SSSR count). The van der Waals surface area contributed by atoms with Gasteiger partial charge in [0.25, 0.3) is 0 Å². The van der Waals surface area contributed by atoms with Crippen LogP contribution in [0, 0.1) is 5.92 Å². The Morgan fingerprint density at radius 2 is 1.96 bits per heavy atom. The van der Waals surface area contributed by atoms with Gasteiger partial charge in [-0.25, -0.2) is 4.79 Å². The molecule has 0 aromatic heterocycles. The van der Waals surface area contributed by atoms with Crippen LogP contribution in [0.25, 0.3) is 0 Å². The third-order valence-corrected chi connectivity index (χ3v) is 4.67. The van der Waals surface area contributed by atoms with Crippen molar-refractivity contribution in [1.82, 2.24) is 4.90 Å². The summed E-state index contributed by atoms with van der Waals surface area (Å²) in [6.07, 6.45) is 0.997. The number of aliphatic hydroxyl groups is 1. The van der Waals surface area contributed by atoms with E-state index in [0.29, 0.717) is 5.56 Å². The van der Waals surface area contributed by atoms with E-state index in [1.165, 1.54) is 5.57 Å². The first kappa shape index (κ1) is 20.7. The normalized spacial score (nSPS) is 18.1. The molecule has 5 heteroatoms. The average Bonchev–Trinajstić information content (AvgIpc) is 2.55. The van der Waals surface area contributed by atoms with Crippen LogP contribution >= 0.6 is 0 Å². The van der Waals surface area contributed by atoms with E-state index in [1.54, 1.807) is 12.1 Å². The van der Waals surface area contributed by atoms with E-state index >= 15 is 0 Å². The van der Waals surface area contributed by atoms with Crippen LogP contribution in [0.5, 0.6) is 0 Å². The van der Waals surface area contributed by atoms with Crippen LogP contribution in [0.1, 0.15) is 32.8 Å². The highest BCUT2D eigenvalue weighted by molar-refractivity contribution is 5.81. The smallest absolute Gasteiger partial charge is 0.343 e. The van der Waals surface area contributed by atoms with Gasteiger partial charge in [0.15, 0.2) is 5.60 Å². The van der Waals surface area contributed by atoms with Crippen LogP contribution in [0.3, 0.4) is 0 Å². The van der Waals surface area contributed by atoms with Gasteiger partial charge >= 0.3 is 5.97 Å². The molecule has 24 heavy (non-hydrogen) atoms. The Balaban J connectivity index is 0.00000288. The Hall–Kier alpha value is -1.36. The zero-order valence-electron chi connectivity index (χ0n) is 14.9. The summed E-state index contributed by atoms with van der Waals surface area (Å²) >= 11 is 0. The minimum Gasteiger partial charge on any atom is -1.00 e. The zero-order valence-corrected chi connectivity index (χ0v) is 15.6. The predicted octanol–water partition coefficient (Wildman–Crippen LogP) is -0.271. The van der Waals surface area contributed by atoms with Crippen molar-refractivity contribution in [3.05, 3.63) is 47.0 Å². The molecule has 1 N–H and O–H groups in total. The van der Waals surface area contributed by atoms with Crippen LogP contribution in [-0.2, 0) is 15.1 Å². The van der Waals surface area contributed by atoms with Crippen molar-refractivity contribution in [2.75, 3.05) is 26.7 Å². The Labute approximate surface area is 150 Å². The minimum absolute atomic E-state index is 0. The minimum atomic E-state index is -1.61. The lowest BCUT2D eigenvalue weighted by molar-refractivity contribution is -0.171. The third kappa shape index (κ3) is 4.38. The molecule has 0 saturated heterocycles. The van der Waals surface area contributed by atoms with Gasteiger partial charge in [0.2, 0.25) is 0 Å². The van der Waals surface area contributed by atoms with Gasteiger partial charge in [-0.2, -0.15) is 0 Å². The van der Waals surface area contributed by atoms with Gasteiger partial charge in [0, 0.05) is 13.1 Å². The van der Waals surface area contributed by atoms with Crippen LogP contribution in [0.2, 0.25) is 0 Å². The fourth-order valence-electron chi connectivity index (χ4n) is 2.89. The van der Waals surface area contributed by atoms with Crippen molar-refractivity contribution in [3.63, 3.8) is 0 Å². The number of hydrogen-bond donors (Lipinski definition) is 1. The summed E-state index contributed by atoms with van der Waals surface area (Å²) in [4.78, 5) is 14.8. The average molecular weight is 353 g/mol. The van der Waals surface area contributed by atoms with E-state index < -0.39 is 11.6 Å². The lowest BCUT2D eigenvalue weighted by atomic mass is 9.83. The highest BCUT2D eigenvalue weighted by atomic mass is 35.5. The van der Waals surface area contributed by atoms with Crippen molar-refractivity contribution in [2.24, 2.45) is 5.92 Å².